The fourth-order valence-corrected chi connectivity index (χ4v) is 2.61. The molecule has 0 saturated heterocycles. The molecule has 0 aromatic carbocycles. The first kappa shape index (κ1) is 17.4. The van der Waals surface area contributed by atoms with Gasteiger partial charge in [0, 0.05) is 6.20 Å². The van der Waals surface area contributed by atoms with Gasteiger partial charge in [-0.25, -0.2) is 4.79 Å². The van der Waals surface area contributed by atoms with Gasteiger partial charge in [-0.3, -0.25) is 9.78 Å². The summed E-state index contributed by atoms with van der Waals surface area (Å²) in [6.07, 6.45) is 2.07. The van der Waals surface area contributed by atoms with Crippen LogP contribution in [0.3, 0.4) is 0 Å². The van der Waals surface area contributed by atoms with E-state index < -0.39 is 16.9 Å². The Balaban J connectivity index is 2.14. The first-order valence-corrected chi connectivity index (χ1v) is 7.50. The minimum absolute atomic E-state index is 0.0817. The van der Waals surface area contributed by atoms with Crippen LogP contribution in [-0.4, -0.2) is 31.6 Å². The van der Waals surface area contributed by atoms with Gasteiger partial charge in [0.1, 0.15) is 0 Å². The summed E-state index contributed by atoms with van der Waals surface area (Å²) in [5, 5.41) is 17.9. The maximum atomic E-state index is 11.6. The highest BCUT2D eigenvalue weighted by molar-refractivity contribution is 6.69. The first-order chi connectivity index (χ1) is 10.6. The van der Waals surface area contributed by atoms with Gasteiger partial charge in [0.2, 0.25) is 0 Å². The van der Waals surface area contributed by atoms with E-state index in [0.29, 0.717) is 11.3 Å². The molecule has 2 atom stereocenters. The number of rotatable bonds is 5. The van der Waals surface area contributed by atoms with Crippen molar-refractivity contribution in [3.8, 4) is 0 Å². The number of hydrogen-bond donors (Lipinski definition) is 3. The monoisotopic (exact) mass is 338 g/mol. The number of allylic oxidation sites excluding steroid dienone is 1. The molecule has 1 aromatic heterocycles. The van der Waals surface area contributed by atoms with E-state index in [1.54, 1.807) is 20.8 Å². The Labute approximate surface area is 137 Å². The molecule has 0 aliphatic heterocycles. The minimum atomic E-state index is -0.785. The molecule has 8 heteroatoms. The quantitative estimate of drug-likeness (QED) is 0.557. The summed E-state index contributed by atoms with van der Waals surface area (Å²) >= 11 is 6.10. The second-order valence-electron chi connectivity index (χ2n) is 6.19. The first-order valence-electron chi connectivity index (χ1n) is 7.13. The fraction of sp³-hybridized carbons (Fsp3) is 0.467. The molecule has 0 spiro atoms. The molecule has 1 saturated carbocycles. The number of aromatic amines is 2. The average molecular weight is 339 g/mol. The number of nitrogens with zero attached hydrogens (tertiary/aromatic N) is 2. The molecular weight excluding hydrogens is 320 g/mol. The second kappa shape index (κ2) is 6.25. The van der Waals surface area contributed by atoms with Crippen LogP contribution in [-0.2, 0) is 0 Å². The predicted octanol–water partition coefficient (Wildman–Crippen LogP) is 1.39. The van der Waals surface area contributed by atoms with Gasteiger partial charge in [-0.1, -0.05) is 18.2 Å². The van der Waals surface area contributed by atoms with Gasteiger partial charge in [0.05, 0.1) is 16.9 Å². The lowest BCUT2D eigenvalue weighted by Crippen LogP contribution is -2.26. The summed E-state index contributed by atoms with van der Waals surface area (Å²) < 4.78 is 0. The minimum Gasteiger partial charge on any atom is -0.390 e. The summed E-state index contributed by atoms with van der Waals surface area (Å²) in [6, 6.07) is 0. The van der Waals surface area contributed by atoms with E-state index in [1.807, 2.05) is 0 Å². The summed E-state index contributed by atoms with van der Waals surface area (Å²) in [4.78, 5) is 27.1. The highest BCUT2D eigenvalue weighted by Crippen LogP contribution is 2.50. The highest BCUT2D eigenvalue weighted by Gasteiger charge is 2.48. The molecule has 1 fully saturated rings. The zero-order valence-corrected chi connectivity index (χ0v) is 13.9. The second-order valence-corrected chi connectivity index (χ2v) is 6.55. The Morgan fingerprint density at radius 2 is 2.09 bits per heavy atom. The average Bonchev–Trinajstić information content (AvgIpc) is 3.23. The van der Waals surface area contributed by atoms with E-state index in [-0.39, 0.29) is 22.6 Å². The molecule has 23 heavy (non-hydrogen) atoms. The van der Waals surface area contributed by atoms with Crippen LogP contribution < -0.4 is 11.2 Å². The molecule has 0 bridgehead atoms. The molecule has 0 amide bonds. The van der Waals surface area contributed by atoms with Crippen LogP contribution in [0.5, 0.6) is 0 Å². The summed E-state index contributed by atoms with van der Waals surface area (Å²) in [5.41, 5.74) is -0.803. The molecule has 1 aromatic rings. The van der Waals surface area contributed by atoms with Crippen molar-refractivity contribution in [2.24, 2.45) is 22.0 Å². The Kier molecular flexibility index (Phi) is 4.72. The van der Waals surface area contributed by atoms with Crippen molar-refractivity contribution in [3.63, 3.8) is 0 Å². The van der Waals surface area contributed by atoms with E-state index in [1.165, 1.54) is 6.20 Å². The number of nitrogens with one attached hydrogen (secondary N) is 2. The Morgan fingerprint density at radius 3 is 2.61 bits per heavy atom. The highest BCUT2D eigenvalue weighted by atomic mass is 35.5. The van der Waals surface area contributed by atoms with Crippen LogP contribution in [0, 0.1) is 11.8 Å². The van der Waals surface area contributed by atoms with Crippen molar-refractivity contribution in [2.45, 2.75) is 32.8 Å². The number of aliphatic hydroxyl groups is 1. The number of aromatic nitrogens is 2. The SMILES string of the molecule is C=C(/C(Cl)=N\N=C(/C)c1c[nH]c(=O)[nH]c1=O)[C@H]1C[C@@H]1C(C)(C)O. The van der Waals surface area contributed by atoms with Crippen LogP contribution in [0.1, 0.15) is 32.8 Å². The molecule has 2 rings (SSSR count). The molecule has 3 N–H and O–H groups in total. The van der Waals surface area contributed by atoms with E-state index >= 15 is 0 Å². The third-order valence-corrected chi connectivity index (χ3v) is 4.23. The normalized spacial score (nSPS) is 22.1. The lowest BCUT2D eigenvalue weighted by atomic mass is 9.99. The van der Waals surface area contributed by atoms with Crippen LogP contribution in [0.4, 0.5) is 0 Å². The van der Waals surface area contributed by atoms with E-state index in [4.69, 9.17) is 11.6 Å². The molecule has 7 nitrogen and oxygen atoms in total. The van der Waals surface area contributed by atoms with Crippen molar-refractivity contribution in [3.05, 3.63) is 44.8 Å². The maximum absolute atomic E-state index is 11.6. The van der Waals surface area contributed by atoms with Gasteiger partial charge in [-0.2, -0.15) is 5.10 Å². The van der Waals surface area contributed by atoms with Crippen LogP contribution in [0.2, 0.25) is 0 Å². The molecule has 124 valence electrons. The zero-order chi connectivity index (χ0) is 17.4. The molecular formula is C15H19ClN4O3. The smallest absolute Gasteiger partial charge is 0.325 e. The van der Waals surface area contributed by atoms with E-state index in [0.717, 1.165) is 6.42 Å². The molecule has 0 radical (unpaired) electrons. The van der Waals surface area contributed by atoms with Gasteiger partial charge in [0.25, 0.3) is 5.56 Å². The van der Waals surface area contributed by atoms with Crippen molar-refractivity contribution in [2.75, 3.05) is 0 Å². The van der Waals surface area contributed by atoms with Crippen LogP contribution in [0.15, 0.2) is 38.1 Å². The Morgan fingerprint density at radius 1 is 1.43 bits per heavy atom. The summed E-state index contributed by atoms with van der Waals surface area (Å²) in [5.74, 6) is 0.185. The lowest BCUT2D eigenvalue weighted by Gasteiger charge is -2.17. The van der Waals surface area contributed by atoms with Gasteiger partial charge >= 0.3 is 5.69 Å². The maximum Gasteiger partial charge on any atom is 0.325 e. The summed E-state index contributed by atoms with van der Waals surface area (Å²) in [7, 11) is 0. The molecule has 1 aliphatic carbocycles. The lowest BCUT2D eigenvalue weighted by molar-refractivity contribution is 0.0530. The van der Waals surface area contributed by atoms with Gasteiger partial charge in [0.15, 0.2) is 5.17 Å². The third kappa shape index (κ3) is 4.05. The van der Waals surface area contributed by atoms with Crippen molar-refractivity contribution in [1.29, 1.82) is 0 Å². The standard InChI is InChI=1S/C15H19ClN4O3/c1-7(9-5-11(9)15(3,4)23)12(16)20-19-8(2)10-6-17-14(22)18-13(10)21/h6,9,11,23H,1,5H2,2-4H3,(H2,17,18,21,22)/b19-8+,20-12+/t9-,11+/m1/s1. The van der Waals surface area contributed by atoms with Gasteiger partial charge in [-0.15, -0.1) is 5.10 Å². The number of halogens is 1. The van der Waals surface area contributed by atoms with Gasteiger partial charge in [-0.05, 0) is 44.6 Å². The van der Waals surface area contributed by atoms with Crippen molar-refractivity contribution < 1.29 is 5.11 Å². The zero-order valence-electron chi connectivity index (χ0n) is 13.2. The van der Waals surface area contributed by atoms with Crippen LogP contribution >= 0.6 is 11.6 Å². The van der Waals surface area contributed by atoms with Crippen molar-refractivity contribution in [1.82, 2.24) is 9.97 Å². The van der Waals surface area contributed by atoms with Crippen LogP contribution in [0.25, 0.3) is 0 Å². The van der Waals surface area contributed by atoms with Gasteiger partial charge < -0.3 is 10.1 Å². The Hall–Kier alpha value is -1.99. The topological polar surface area (TPSA) is 111 Å². The van der Waals surface area contributed by atoms with E-state index in [2.05, 4.69) is 26.7 Å². The number of hydrogen-bond acceptors (Lipinski definition) is 5. The largest absolute Gasteiger partial charge is 0.390 e. The molecule has 1 heterocycles. The van der Waals surface area contributed by atoms with E-state index in [9.17, 15) is 14.7 Å². The summed E-state index contributed by atoms with van der Waals surface area (Å²) in [6.45, 7) is 8.98. The molecule has 1 aliphatic rings. The molecule has 0 unspecified atom stereocenters. The predicted molar refractivity (Wildman–Crippen MR) is 90.2 cm³/mol. The fourth-order valence-electron chi connectivity index (χ4n) is 2.43. The Bertz CT molecular complexity index is 798. The third-order valence-electron chi connectivity index (χ3n) is 3.91. The number of H-pyrrole nitrogens is 2. The van der Waals surface area contributed by atoms with Crippen molar-refractivity contribution >= 4 is 22.5 Å².